The minimum absolute atomic E-state index is 0.0970. The average molecular weight is 272 g/mol. The van der Waals surface area contributed by atoms with Crippen molar-refractivity contribution in [1.29, 1.82) is 0 Å². The summed E-state index contributed by atoms with van der Waals surface area (Å²) in [5.74, 6) is 2.20. The maximum absolute atomic E-state index is 11.4. The molecule has 0 saturated heterocycles. The van der Waals surface area contributed by atoms with E-state index in [1.807, 2.05) is 0 Å². The topological polar surface area (TPSA) is 26.3 Å². The fourth-order valence-corrected chi connectivity index (χ4v) is 3.57. The molecule has 0 aromatic heterocycles. The van der Waals surface area contributed by atoms with Crippen LogP contribution in [-0.4, -0.2) is 25.1 Å². The van der Waals surface area contributed by atoms with Crippen LogP contribution in [0.4, 0.5) is 0 Å². The van der Waals surface area contributed by atoms with Gasteiger partial charge in [0.25, 0.3) is 0 Å². The Labute approximate surface area is 110 Å². The number of allylic oxidation sites excluding steroid dienone is 1. The Bertz CT molecular complexity index is 329. The van der Waals surface area contributed by atoms with Gasteiger partial charge in [0.05, 0.1) is 11.0 Å². The third kappa shape index (κ3) is 3.88. The molecule has 1 atom stereocenters. The van der Waals surface area contributed by atoms with E-state index >= 15 is 0 Å². The Balaban J connectivity index is 2.70. The number of thioether (sulfide) groups is 1. The molecule has 0 saturated carbocycles. The maximum Gasteiger partial charge on any atom is 0.250 e. The third-order valence-corrected chi connectivity index (χ3v) is 9.29. The Hall–Kier alpha value is -0.223. The predicted molar refractivity (Wildman–Crippen MR) is 77.9 cm³/mol. The second-order valence-corrected chi connectivity index (χ2v) is 12.1. The molecule has 1 heterocycles. The van der Waals surface area contributed by atoms with Crippen LogP contribution in [0, 0.1) is 0 Å². The van der Waals surface area contributed by atoms with Crippen LogP contribution in [0.1, 0.15) is 34.1 Å². The Morgan fingerprint density at radius 2 is 2.06 bits per heavy atom. The Morgan fingerprint density at radius 3 is 2.53 bits per heavy atom. The van der Waals surface area contributed by atoms with Crippen molar-refractivity contribution in [3.63, 3.8) is 0 Å². The second-order valence-electron chi connectivity index (χ2n) is 6.17. The summed E-state index contributed by atoms with van der Waals surface area (Å²) in [5.41, 5.74) is 0. The van der Waals surface area contributed by atoms with Crippen molar-refractivity contribution in [2.45, 2.75) is 57.5 Å². The molecular weight excluding hydrogens is 248 g/mol. The largest absolute Gasteiger partial charge is 0.547 e. The lowest BCUT2D eigenvalue weighted by Gasteiger charge is -2.38. The molecule has 98 valence electrons. The molecule has 1 unspecified atom stereocenters. The van der Waals surface area contributed by atoms with Crippen LogP contribution in [0.5, 0.6) is 0 Å². The highest BCUT2D eigenvalue weighted by atomic mass is 32.2. The monoisotopic (exact) mass is 272 g/mol. The lowest BCUT2D eigenvalue weighted by molar-refractivity contribution is -0.116. The molecule has 1 aliphatic rings. The molecule has 0 spiro atoms. The number of hydrogen-bond acceptors (Lipinski definition) is 3. The van der Waals surface area contributed by atoms with Gasteiger partial charge in [0.2, 0.25) is 8.32 Å². The van der Waals surface area contributed by atoms with Gasteiger partial charge in [0.1, 0.15) is 5.78 Å². The molecule has 0 aromatic rings. The summed E-state index contributed by atoms with van der Waals surface area (Å²) in [5, 5.41) is 0.309. The lowest BCUT2D eigenvalue weighted by atomic mass is 10.2. The Kier molecular flexibility index (Phi) is 4.52. The van der Waals surface area contributed by atoms with Gasteiger partial charge in [0, 0.05) is 12.2 Å². The number of carbonyl (C=O) groups is 1. The molecule has 0 amide bonds. The molecular formula is C13H24O2SSi. The van der Waals surface area contributed by atoms with Gasteiger partial charge < -0.3 is 4.43 Å². The van der Waals surface area contributed by atoms with Crippen LogP contribution in [0.25, 0.3) is 0 Å². The van der Waals surface area contributed by atoms with Gasteiger partial charge in [-0.05, 0) is 31.1 Å². The fourth-order valence-electron chi connectivity index (χ4n) is 1.41. The van der Waals surface area contributed by atoms with Gasteiger partial charge in [-0.25, -0.2) is 0 Å². The summed E-state index contributed by atoms with van der Waals surface area (Å²) in [7, 11) is -1.75. The van der Waals surface area contributed by atoms with Gasteiger partial charge in [-0.15, -0.1) is 11.8 Å². The molecule has 0 radical (unpaired) electrons. The molecule has 17 heavy (non-hydrogen) atoms. The van der Waals surface area contributed by atoms with E-state index in [0.29, 0.717) is 0 Å². The second kappa shape index (κ2) is 5.18. The number of Topliss-reactive ketones (excluding diaryl/α,β-unsaturated/α-hetero) is 1. The molecule has 0 fully saturated rings. The van der Waals surface area contributed by atoms with Crippen molar-refractivity contribution in [2.24, 2.45) is 0 Å². The van der Waals surface area contributed by atoms with E-state index in [2.05, 4.69) is 39.9 Å². The van der Waals surface area contributed by atoms with Crippen LogP contribution in [0.3, 0.4) is 0 Å². The summed E-state index contributed by atoms with van der Waals surface area (Å²) < 4.78 is 6.26. The van der Waals surface area contributed by atoms with Crippen molar-refractivity contribution in [3.8, 4) is 0 Å². The molecule has 2 nitrogen and oxygen atoms in total. The zero-order valence-electron chi connectivity index (χ0n) is 11.8. The first-order chi connectivity index (χ1) is 7.63. The van der Waals surface area contributed by atoms with E-state index in [9.17, 15) is 4.79 Å². The summed E-state index contributed by atoms with van der Waals surface area (Å²) in [6.45, 7) is 12.9. The van der Waals surface area contributed by atoms with Gasteiger partial charge in [-0.2, -0.15) is 0 Å². The zero-order valence-corrected chi connectivity index (χ0v) is 13.6. The summed E-state index contributed by atoms with van der Waals surface area (Å²) in [6, 6.07) is 0. The SMILES string of the molecule is CC(=O)C1CC(O[Si](C)(C)C(C)(C)C)=CCS1. The standard InChI is InChI=1S/C13H24O2SSi/c1-10(14)12-9-11(7-8-16-12)15-17(5,6)13(2,3)4/h7,12H,8-9H2,1-6H3. The Morgan fingerprint density at radius 1 is 1.47 bits per heavy atom. The van der Waals surface area contributed by atoms with E-state index in [-0.39, 0.29) is 16.1 Å². The highest BCUT2D eigenvalue weighted by molar-refractivity contribution is 8.00. The van der Waals surface area contributed by atoms with Crippen LogP contribution in [-0.2, 0) is 9.22 Å². The first kappa shape index (κ1) is 14.8. The van der Waals surface area contributed by atoms with E-state index < -0.39 is 8.32 Å². The summed E-state index contributed by atoms with van der Waals surface area (Å²) >= 11 is 1.72. The minimum atomic E-state index is -1.75. The predicted octanol–water partition coefficient (Wildman–Crippen LogP) is 3.99. The highest BCUT2D eigenvalue weighted by Crippen LogP contribution is 2.39. The van der Waals surface area contributed by atoms with E-state index in [0.717, 1.165) is 17.9 Å². The molecule has 1 aliphatic heterocycles. The molecule has 1 rings (SSSR count). The zero-order chi connectivity index (χ0) is 13.3. The number of rotatable bonds is 3. The van der Waals surface area contributed by atoms with Gasteiger partial charge >= 0.3 is 0 Å². The van der Waals surface area contributed by atoms with Gasteiger partial charge in [-0.1, -0.05) is 20.8 Å². The van der Waals surface area contributed by atoms with E-state index in [1.165, 1.54) is 0 Å². The van der Waals surface area contributed by atoms with Gasteiger partial charge in [0.15, 0.2) is 0 Å². The highest BCUT2D eigenvalue weighted by Gasteiger charge is 2.40. The average Bonchev–Trinajstić information content (AvgIpc) is 2.15. The summed E-state index contributed by atoms with van der Waals surface area (Å²) in [4.78, 5) is 11.4. The third-order valence-electron chi connectivity index (χ3n) is 3.64. The van der Waals surface area contributed by atoms with Crippen molar-refractivity contribution < 1.29 is 9.22 Å². The minimum Gasteiger partial charge on any atom is -0.547 e. The van der Waals surface area contributed by atoms with E-state index in [4.69, 9.17) is 4.43 Å². The van der Waals surface area contributed by atoms with Crippen LogP contribution >= 0.6 is 11.8 Å². The van der Waals surface area contributed by atoms with E-state index in [1.54, 1.807) is 18.7 Å². The van der Waals surface area contributed by atoms with Crippen molar-refractivity contribution in [3.05, 3.63) is 11.8 Å². The van der Waals surface area contributed by atoms with Crippen molar-refractivity contribution in [1.82, 2.24) is 0 Å². The maximum atomic E-state index is 11.4. The first-order valence-electron chi connectivity index (χ1n) is 6.13. The van der Waals surface area contributed by atoms with Crippen LogP contribution in [0.15, 0.2) is 11.8 Å². The number of carbonyl (C=O) groups excluding carboxylic acids is 1. The molecule has 0 N–H and O–H groups in total. The van der Waals surface area contributed by atoms with Crippen LogP contribution < -0.4 is 0 Å². The fraction of sp³-hybridized carbons (Fsp3) is 0.769. The first-order valence-corrected chi connectivity index (χ1v) is 10.1. The summed E-state index contributed by atoms with van der Waals surface area (Å²) in [6.07, 6.45) is 2.91. The molecule has 4 heteroatoms. The lowest BCUT2D eigenvalue weighted by Crippen LogP contribution is -2.41. The van der Waals surface area contributed by atoms with Crippen LogP contribution in [0.2, 0.25) is 18.1 Å². The smallest absolute Gasteiger partial charge is 0.250 e. The number of ketones is 1. The van der Waals surface area contributed by atoms with Gasteiger partial charge in [-0.3, -0.25) is 4.79 Å². The number of hydrogen-bond donors (Lipinski definition) is 0. The molecule has 0 aliphatic carbocycles. The molecule has 0 aromatic carbocycles. The van der Waals surface area contributed by atoms with Crippen molar-refractivity contribution >= 4 is 25.9 Å². The quantitative estimate of drug-likeness (QED) is 0.727. The normalized spacial score (nSPS) is 22.0. The van der Waals surface area contributed by atoms with Crippen molar-refractivity contribution in [2.75, 3.05) is 5.75 Å². The molecule has 0 bridgehead atoms.